The van der Waals surface area contributed by atoms with E-state index in [0.717, 1.165) is 33.5 Å². The van der Waals surface area contributed by atoms with Crippen LogP contribution in [-0.4, -0.2) is 43.6 Å². The van der Waals surface area contributed by atoms with Crippen molar-refractivity contribution in [2.24, 2.45) is 0 Å². The molecule has 0 aliphatic carbocycles. The second-order valence-corrected chi connectivity index (χ2v) is 9.99. The fourth-order valence-electron chi connectivity index (χ4n) is 4.32. The summed E-state index contributed by atoms with van der Waals surface area (Å²) in [6.45, 7) is 7.46. The molecule has 0 spiro atoms. The Balaban J connectivity index is 1.49. The molecular formula is C30H30IN3O3. The Labute approximate surface area is 232 Å². The second kappa shape index (κ2) is 12.6. The molecule has 1 heterocycles. The first-order valence-electron chi connectivity index (χ1n) is 12.3. The molecule has 6 nitrogen and oxygen atoms in total. The van der Waals surface area contributed by atoms with Gasteiger partial charge in [-0.15, -0.1) is 0 Å². The van der Waals surface area contributed by atoms with Gasteiger partial charge in [-0.2, -0.15) is 5.26 Å². The van der Waals surface area contributed by atoms with Gasteiger partial charge in [0.15, 0.2) is 11.5 Å². The Bertz CT molecular complexity index is 1310. The number of anilines is 1. The minimum Gasteiger partial charge on any atom is -0.490 e. The summed E-state index contributed by atoms with van der Waals surface area (Å²) in [6.07, 6.45) is 1.64. The summed E-state index contributed by atoms with van der Waals surface area (Å²) in [5.41, 5.74) is 4.24. The zero-order valence-electron chi connectivity index (χ0n) is 21.1. The Morgan fingerprint density at radius 1 is 1.03 bits per heavy atom. The number of piperazine rings is 1. The van der Waals surface area contributed by atoms with E-state index >= 15 is 0 Å². The third-order valence-corrected chi connectivity index (χ3v) is 6.95. The van der Waals surface area contributed by atoms with Gasteiger partial charge in [0, 0.05) is 31.9 Å². The van der Waals surface area contributed by atoms with Gasteiger partial charge in [0.05, 0.1) is 10.2 Å². The molecule has 37 heavy (non-hydrogen) atoms. The smallest absolute Gasteiger partial charge is 0.264 e. The zero-order valence-corrected chi connectivity index (χ0v) is 23.3. The van der Waals surface area contributed by atoms with Crippen LogP contribution < -0.4 is 14.4 Å². The number of rotatable bonds is 8. The standard InChI is InChI=1S/C30H30IN3O3/c1-3-36-28-19-24(18-27(31)29(28)37-21-23-9-7-8-22(2)16-23)17-25(20-32)30(35)34-14-12-33(13-15-34)26-10-5-4-6-11-26/h4-11,16-19H,3,12-15,21H2,1-2H3/b25-17-. The molecule has 0 aromatic heterocycles. The quantitative estimate of drug-likeness (QED) is 0.183. The molecule has 1 fully saturated rings. The number of aryl methyl sites for hydroxylation is 1. The number of hydrogen-bond acceptors (Lipinski definition) is 5. The number of para-hydroxylation sites is 1. The van der Waals surface area contributed by atoms with E-state index in [1.807, 2.05) is 49.4 Å². The molecule has 1 aliphatic rings. The fourth-order valence-corrected chi connectivity index (χ4v) is 5.10. The number of carbonyl (C=O) groups is 1. The first-order chi connectivity index (χ1) is 18.0. The third-order valence-electron chi connectivity index (χ3n) is 6.15. The molecule has 190 valence electrons. The summed E-state index contributed by atoms with van der Waals surface area (Å²) in [5, 5.41) is 9.81. The van der Waals surface area contributed by atoms with E-state index in [1.165, 1.54) is 5.56 Å². The monoisotopic (exact) mass is 607 g/mol. The summed E-state index contributed by atoms with van der Waals surface area (Å²) < 4.78 is 12.9. The number of nitrogens with zero attached hydrogens (tertiary/aromatic N) is 3. The van der Waals surface area contributed by atoms with Gasteiger partial charge in [-0.1, -0.05) is 48.0 Å². The highest BCUT2D eigenvalue weighted by Gasteiger charge is 2.24. The molecule has 0 unspecified atom stereocenters. The molecule has 4 rings (SSSR count). The highest BCUT2D eigenvalue weighted by molar-refractivity contribution is 14.1. The number of ether oxygens (including phenoxy) is 2. The van der Waals surface area contributed by atoms with Crippen molar-refractivity contribution in [1.82, 2.24) is 4.90 Å². The Morgan fingerprint density at radius 2 is 1.78 bits per heavy atom. The van der Waals surface area contributed by atoms with Crippen LogP contribution in [-0.2, 0) is 11.4 Å². The average molecular weight is 607 g/mol. The van der Waals surface area contributed by atoms with Gasteiger partial charge in [0.2, 0.25) is 0 Å². The number of nitriles is 1. The zero-order chi connectivity index (χ0) is 26.2. The van der Waals surface area contributed by atoms with Crippen LogP contribution in [0.4, 0.5) is 5.69 Å². The molecule has 0 radical (unpaired) electrons. The normalized spacial score (nSPS) is 13.7. The predicted molar refractivity (Wildman–Crippen MR) is 155 cm³/mol. The van der Waals surface area contributed by atoms with Crippen LogP contribution in [0.3, 0.4) is 0 Å². The highest BCUT2D eigenvalue weighted by atomic mass is 127. The van der Waals surface area contributed by atoms with Gasteiger partial charge in [-0.25, -0.2) is 0 Å². The number of halogens is 1. The molecule has 0 bridgehead atoms. The van der Waals surface area contributed by atoms with E-state index in [0.29, 0.717) is 37.8 Å². The lowest BCUT2D eigenvalue weighted by Crippen LogP contribution is -2.49. The van der Waals surface area contributed by atoms with Crippen LogP contribution >= 0.6 is 22.6 Å². The molecule has 0 N–H and O–H groups in total. The lowest BCUT2D eigenvalue weighted by Gasteiger charge is -2.36. The van der Waals surface area contributed by atoms with Gasteiger partial charge in [-0.05, 0) is 77.9 Å². The molecule has 1 saturated heterocycles. The fraction of sp³-hybridized carbons (Fsp3) is 0.267. The Morgan fingerprint density at radius 3 is 2.46 bits per heavy atom. The van der Waals surface area contributed by atoms with Crippen molar-refractivity contribution in [3.8, 4) is 17.6 Å². The Hall–Kier alpha value is -3.51. The minimum atomic E-state index is -0.247. The largest absolute Gasteiger partial charge is 0.490 e. The third kappa shape index (κ3) is 6.83. The first-order valence-corrected chi connectivity index (χ1v) is 13.4. The van der Waals surface area contributed by atoms with Crippen molar-refractivity contribution in [1.29, 1.82) is 5.26 Å². The van der Waals surface area contributed by atoms with Crippen molar-refractivity contribution < 1.29 is 14.3 Å². The lowest BCUT2D eigenvalue weighted by atomic mass is 10.1. The van der Waals surface area contributed by atoms with Crippen LogP contribution in [0, 0.1) is 21.8 Å². The van der Waals surface area contributed by atoms with Crippen molar-refractivity contribution in [3.05, 3.63) is 92.6 Å². The van der Waals surface area contributed by atoms with Crippen molar-refractivity contribution in [2.75, 3.05) is 37.7 Å². The maximum Gasteiger partial charge on any atom is 0.264 e. The van der Waals surface area contributed by atoms with Crippen LogP contribution in [0.2, 0.25) is 0 Å². The number of benzene rings is 3. The van der Waals surface area contributed by atoms with E-state index < -0.39 is 0 Å². The molecule has 1 amide bonds. The van der Waals surface area contributed by atoms with E-state index in [9.17, 15) is 10.1 Å². The highest BCUT2D eigenvalue weighted by Crippen LogP contribution is 2.35. The van der Waals surface area contributed by atoms with Gasteiger partial charge >= 0.3 is 0 Å². The predicted octanol–water partition coefficient (Wildman–Crippen LogP) is 5.83. The van der Waals surface area contributed by atoms with Crippen LogP contribution in [0.1, 0.15) is 23.6 Å². The second-order valence-electron chi connectivity index (χ2n) is 8.83. The van der Waals surface area contributed by atoms with Crippen molar-refractivity contribution >= 4 is 40.3 Å². The summed E-state index contributed by atoms with van der Waals surface area (Å²) in [6, 6.07) is 24.2. The summed E-state index contributed by atoms with van der Waals surface area (Å²) >= 11 is 2.21. The summed E-state index contributed by atoms with van der Waals surface area (Å²) in [5.74, 6) is 1.00. The van der Waals surface area contributed by atoms with E-state index in [2.05, 4.69) is 64.7 Å². The summed E-state index contributed by atoms with van der Waals surface area (Å²) in [4.78, 5) is 17.2. The lowest BCUT2D eigenvalue weighted by molar-refractivity contribution is -0.126. The van der Waals surface area contributed by atoms with E-state index in [1.54, 1.807) is 11.0 Å². The Kier molecular flexibility index (Phi) is 9.07. The first kappa shape index (κ1) is 26.6. The van der Waals surface area contributed by atoms with Gasteiger partial charge < -0.3 is 19.3 Å². The van der Waals surface area contributed by atoms with Crippen LogP contribution in [0.15, 0.2) is 72.3 Å². The summed E-state index contributed by atoms with van der Waals surface area (Å²) in [7, 11) is 0. The van der Waals surface area contributed by atoms with Crippen LogP contribution in [0.25, 0.3) is 6.08 Å². The molecule has 7 heteroatoms. The van der Waals surface area contributed by atoms with Crippen LogP contribution in [0.5, 0.6) is 11.5 Å². The van der Waals surface area contributed by atoms with Crippen molar-refractivity contribution in [3.63, 3.8) is 0 Å². The SMILES string of the molecule is CCOc1cc(/C=C(/C#N)C(=O)N2CCN(c3ccccc3)CC2)cc(I)c1OCc1cccc(C)c1. The number of amides is 1. The van der Waals surface area contributed by atoms with Gasteiger partial charge in [-0.3, -0.25) is 4.79 Å². The topological polar surface area (TPSA) is 65.8 Å². The van der Waals surface area contributed by atoms with E-state index in [4.69, 9.17) is 9.47 Å². The number of hydrogen-bond donors (Lipinski definition) is 0. The molecule has 1 aliphatic heterocycles. The average Bonchev–Trinajstić information content (AvgIpc) is 2.92. The van der Waals surface area contributed by atoms with Gasteiger partial charge in [0.25, 0.3) is 5.91 Å². The molecule has 3 aromatic carbocycles. The molecule has 0 atom stereocenters. The minimum absolute atomic E-state index is 0.111. The van der Waals surface area contributed by atoms with E-state index in [-0.39, 0.29) is 11.5 Å². The maximum absolute atomic E-state index is 13.2. The van der Waals surface area contributed by atoms with Gasteiger partial charge in [0.1, 0.15) is 18.2 Å². The molecule has 0 saturated carbocycles. The van der Waals surface area contributed by atoms with Crippen molar-refractivity contribution in [2.45, 2.75) is 20.5 Å². The molecular weight excluding hydrogens is 577 g/mol. The number of carbonyl (C=O) groups excluding carboxylic acids is 1. The molecule has 3 aromatic rings. The maximum atomic E-state index is 13.2.